The third kappa shape index (κ3) is 3.94. The number of imide groups is 1. The number of carbonyl (C=O) groups excluding carboxylic acids is 2. The minimum atomic E-state index is -4.03. The highest BCUT2D eigenvalue weighted by Gasteiger charge is 2.32. The molecule has 1 aliphatic heterocycles. The van der Waals surface area contributed by atoms with Crippen molar-refractivity contribution in [2.45, 2.75) is 24.7 Å². The molecular formula is C19H20N2O6S. The number of benzene rings is 2. The number of ether oxygens (including phenoxy) is 2. The van der Waals surface area contributed by atoms with Crippen molar-refractivity contribution in [1.82, 2.24) is 0 Å². The minimum absolute atomic E-state index is 0.0984. The molecule has 1 fully saturated rings. The van der Waals surface area contributed by atoms with Crippen LogP contribution >= 0.6 is 0 Å². The van der Waals surface area contributed by atoms with Gasteiger partial charge in [-0.2, -0.15) is 0 Å². The fourth-order valence-corrected chi connectivity index (χ4v) is 4.12. The van der Waals surface area contributed by atoms with Gasteiger partial charge in [0.15, 0.2) is 0 Å². The molecule has 0 saturated carbocycles. The maximum atomic E-state index is 12.9. The van der Waals surface area contributed by atoms with E-state index in [-0.39, 0.29) is 41.0 Å². The highest BCUT2D eigenvalue weighted by atomic mass is 32.2. The summed E-state index contributed by atoms with van der Waals surface area (Å²) in [5, 5.41) is 0. The lowest BCUT2D eigenvalue weighted by Gasteiger charge is -2.17. The van der Waals surface area contributed by atoms with E-state index in [1.165, 1.54) is 25.3 Å². The standard InChI is InChI=1S/C19H20N2O6S/c1-3-27-15-7-4-13(5-8-15)20-28(24,25)17-12-14(6-9-16(17)26-2)21-18(22)10-11-19(21)23/h4-9,12,20H,3,10-11H2,1-2H3. The quantitative estimate of drug-likeness (QED) is 0.712. The predicted molar refractivity (Wildman–Crippen MR) is 103 cm³/mol. The second-order valence-corrected chi connectivity index (χ2v) is 7.67. The smallest absolute Gasteiger partial charge is 0.265 e. The van der Waals surface area contributed by atoms with Gasteiger partial charge >= 0.3 is 0 Å². The fourth-order valence-electron chi connectivity index (χ4n) is 2.88. The molecule has 1 heterocycles. The van der Waals surface area contributed by atoms with E-state index in [2.05, 4.69) is 4.72 Å². The SMILES string of the molecule is CCOc1ccc(NS(=O)(=O)c2cc(N3C(=O)CCC3=O)ccc2OC)cc1. The molecule has 0 bridgehead atoms. The van der Waals surface area contributed by atoms with Crippen LogP contribution in [0.2, 0.25) is 0 Å². The Morgan fingerprint density at radius 1 is 1.04 bits per heavy atom. The van der Waals surface area contributed by atoms with Crippen LogP contribution < -0.4 is 19.1 Å². The van der Waals surface area contributed by atoms with Gasteiger partial charge in [-0.1, -0.05) is 0 Å². The van der Waals surface area contributed by atoms with Gasteiger partial charge in [0.05, 0.1) is 19.4 Å². The number of nitrogens with zero attached hydrogens (tertiary/aromatic N) is 1. The van der Waals surface area contributed by atoms with Crippen LogP contribution in [0.4, 0.5) is 11.4 Å². The largest absolute Gasteiger partial charge is 0.495 e. The van der Waals surface area contributed by atoms with Crippen molar-refractivity contribution < 1.29 is 27.5 Å². The van der Waals surface area contributed by atoms with Crippen molar-refractivity contribution in [1.29, 1.82) is 0 Å². The number of sulfonamides is 1. The molecule has 3 rings (SSSR count). The van der Waals surface area contributed by atoms with E-state index in [9.17, 15) is 18.0 Å². The van der Waals surface area contributed by atoms with Crippen LogP contribution in [-0.2, 0) is 19.6 Å². The number of methoxy groups -OCH3 is 1. The van der Waals surface area contributed by atoms with Crippen molar-refractivity contribution in [3.8, 4) is 11.5 Å². The van der Waals surface area contributed by atoms with Gasteiger partial charge in [0.2, 0.25) is 11.8 Å². The lowest BCUT2D eigenvalue weighted by molar-refractivity contribution is -0.121. The van der Waals surface area contributed by atoms with Gasteiger partial charge in [-0.15, -0.1) is 0 Å². The van der Waals surface area contributed by atoms with Gasteiger partial charge in [-0.3, -0.25) is 19.2 Å². The molecule has 8 nitrogen and oxygen atoms in total. The average molecular weight is 404 g/mol. The Kier molecular flexibility index (Phi) is 5.55. The van der Waals surface area contributed by atoms with E-state index >= 15 is 0 Å². The molecular weight excluding hydrogens is 384 g/mol. The molecule has 28 heavy (non-hydrogen) atoms. The van der Waals surface area contributed by atoms with Gasteiger partial charge in [0.25, 0.3) is 10.0 Å². The molecule has 0 aliphatic carbocycles. The summed E-state index contributed by atoms with van der Waals surface area (Å²) < 4.78 is 38.8. The molecule has 2 amide bonds. The summed E-state index contributed by atoms with van der Waals surface area (Å²) in [6.07, 6.45) is 0.217. The molecule has 0 radical (unpaired) electrons. The Morgan fingerprint density at radius 2 is 1.68 bits per heavy atom. The number of rotatable bonds is 7. The number of hydrogen-bond acceptors (Lipinski definition) is 6. The number of carbonyl (C=O) groups is 2. The van der Waals surface area contributed by atoms with Crippen LogP contribution in [-0.4, -0.2) is 33.9 Å². The van der Waals surface area contributed by atoms with Crippen molar-refractivity contribution >= 4 is 33.2 Å². The Balaban J connectivity index is 1.94. The normalized spacial score (nSPS) is 14.3. The van der Waals surface area contributed by atoms with Gasteiger partial charge in [-0.05, 0) is 49.4 Å². The van der Waals surface area contributed by atoms with Gasteiger partial charge in [0.1, 0.15) is 16.4 Å². The molecule has 1 N–H and O–H groups in total. The average Bonchev–Trinajstić information content (AvgIpc) is 3.01. The number of hydrogen-bond donors (Lipinski definition) is 1. The summed E-state index contributed by atoms with van der Waals surface area (Å²) in [6, 6.07) is 10.6. The Bertz CT molecular complexity index is 986. The van der Waals surface area contributed by atoms with E-state index in [1.807, 2.05) is 6.92 Å². The van der Waals surface area contributed by atoms with E-state index < -0.39 is 10.0 Å². The molecule has 0 spiro atoms. The zero-order valence-electron chi connectivity index (χ0n) is 15.5. The van der Waals surface area contributed by atoms with E-state index in [4.69, 9.17) is 9.47 Å². The highest BCUT2D eigenvalue weighted by molar-refractivity contribution is 7.92. The summed E-state index contributed by atoms with van der Waals surface area (Å²) in [6.45, 7) is 2.36. The van der Waals surface area contributed by atoms with Crippen molar-refractivity contribution in [3.05, 3.63) is 42.5 Å². The summed E-state index contributed by atoms with van der Waals surface area (Å²) in [4.78, 5) is 24.8. The van der Waals surface area contributed by atoms with Crippen LogP contribution in [0.15, 0.2) is 47.4 Å². The Hall–Kier alpha value is -3.07. The summed E-state index contributed by atoms with van der Waals surface area (Å²) in [5.41, 5.74) is 0.532. The van der Waals surface area contributed by atoms with E-state index in [1.54, 1.807) is 24.3 Å². The first-order chi connectivity index (χ1) is 13.4. The lowest BCUT2D eigenvalue weighted by atomic mass is 10.2. The first-order valence-corrected chi connectivity index (χ1v) is 10.1. The first kappa shape index (κ1) is 19.7. The summed E-state index contributed by atoms with van der Waals surface area (Å²) in [7, 11) is -2.69. The third-order valence-corrected chi connectivity index (χ3v) is 5.57. The van der Waals surface area contributed by atoms with Crippen LogP contribution in [0.3, 0.4) is 0 Å². The monoisotopic (exact) mass is 404 g/mol. The number of anilines is 2. The first-order valence-electron chi connectivity index (χ1n) is 8.65. The maximum absolute atomic E-state index is 12.9. The lowest BCUT2D eigenvalue weighted by Crippen LogP contribution is -2.28. The van der Waals surface area contributed by atoms with Gasteiger partial charge < -0.3 is 9.47 Å². The molecule has 0 aromatic heterocycles. The fraction of sp³-hybridized carbons (Fsp3) is 0.263. The van der Waals surface area contributed by atoms with Crippen LogP contribution in [0, 0.1) is 0 Å². The van der Waals surface area contributed by atoms with Crippen LogP contribution in [0.25, 0.3) is 0 Å². The topological polar surface area (TPSA) is 102 Å². The molecule has 0 atom stereocenters. The second kappa shape index (κ2) is 7.89. The molecule has 148 valence electrons. The van der Waals surface area contributed by atoms with E-state index in [0.29, 0.717) is 18.0 Å². The third-order valence-electron chi connectivity index (χ3n) is 4.16. The molecule has 2 aromatic rings. The molecule has 1 aliphatic rings. The summed E-state index contributed by atoms with van der Waals surface area (Å²) >= 11 is 0. The predicted octanol–water partition coefficient (Wildman–Crippen LogP) is 2.55. The molecule has 9 heteroatoms. The number of amides is 2. The molecule has 1 saturated heterocycles. The highest BCUT2D eigenvalue weighted by Crippen LogP contribution is 2.32. The number of nitrogens with one attached hydrogen (secondary N) is 1. The molecule has 2 aromatic carbocycles. The zero-order chi connectivity index (χ0) is 20.3. The minimum Gasteiger partial charge on any atom is -0.495 e. The van der Waals surface area contributed by atoms with E-state index in [0.717, 1.165) is 4.90 Å². The van der Waals surface area contributed by atoms with Crippen LogP contribution in [0.5, 0.6) is 11.5 Å². The zero-order valence-corrected chi connectivity index (χ0v) is 16.3. The maximum Gasteiger partial charge on any atom is 0.265 e. The Morgan fingerprint density at radius 3 is 2.25 bits per heavy atom. The van der Waals surface area contributed by atoms with Crippen molar-refractivity contribution in [2.75, 3.05) is 23.3 Å². The summed E-state index contributed by atoms with van der Waals surface area (Å²) in [5.74, 6) is -0.00617. The second-order valence-electron chi connectivity index (χ2n) is 6.02. The van der Waals surface area contributed by atoms with Gasteiger partial charge in [0, 0.05) is 18.5 Å². The van der Waals surface area contributed by atoms with Gasteiger partial charge in [-0.25, -0.2) is 8.42 Å². The van der Waals surface area contributed by atoms with Crippen molar-refractivity contribution in [3.63, 3.8) is 0 Å². The molecule has 0 unspecified atom stereocenters. The Labute approximate surface area is 163 Å². The van der Waals surface area contributed by atoms with Crippen molar-refractivity contribution in [2.24, 2.45) is 0 Å². The van der Waals surface area contributed by atoms with Crippen LogP contribution in [0.1, 0.15) is 19.8 Å².